The van der Waals surface area contributed by atoms with E-state index in [1.165, 1.54) is 0 Å². The molecule has 0 aromatic heterocycles. The minimum absolute atomic E-state index is 0.583. The molecule has 0 aromatic carbocycles. The van der Waals surface area contributed by atoms with E-state index in [1.54, 1.807) is 4.31 Å². The van der Waals surface area contributed by atoms with Gasteiger partial charge in [-0.05, 0) is 24.7 Å². The summed E-state index contributed by atoms with van der Waals surface area (Å²) in [6.45, 7) is 9.94. The zero-order valence-corrected chi connectivity index (χ0v) is 10.5. The molecule has 1 atom stereocenters. The second kappa shape index (κ2) is 7.37. The molecule has 4 heteroatoms. The zero-order valence-electron chi connectivity index (χ0n) is 9.69. The van der Waals surface area contributed by atoms with E-state index in [0.717, 1.165) is 12.8 Å². The third-order valence-electron chi connectivity index (χ3n) is 2.13. The van der Waals surface area contributed by atoms with Crippen molar-refractivity contribution < 1.29 is 8.76 Å². The van der Waals surface area contributed by atoms with Gasteiger partial charge >= 0.3 is 0 Å². The van der Waals surface area contributed by atoms with Crippen molar-refractivity contribution in [1.82, 2.24) is 4.31 Å². The minimum Gasteiger partial charge on any atom is -0.294 e. The van der Waals surface area contributed by atoms with Crippen LogP contribution in [0.1, 0.15) is 40.5 Å². The minimum atomic E-state index is -1.80. The van der Waals surface area contributed by atoms with Gasteiger partial charge in [-0.2, -0.15) is 0 Å². The fraction of sp³-hybridized carbons (Fsp3) is 1.00. The Morgan fingerprint density at radius 2 is 1.43 bits per heavy atom. The van der Waals surface area contributed by atoms with Crippen LogP contribution < -0.4 is 0 Å². The number of hydrogen-bond acceptors (Lipinski definition) is 1. The van der Waals surface area contributed by atoms with Crippen molar-refractivity contribution in [3.05, 3.63) is 0 Å². The van der Waals surface area contributed by atoms with Gasteiger partial charge in [0.2, 0.25) is 11.3 Å². The number of hydrogen-bond donors (Lipinski definition) is 1. The van der Waals surface area contributed by atoms with Crippen LogP contribution in [-0.2, 0) is 11.3 Å². The van der Waals surface area contributed by atoms with Crippen LogP contribution in [0.15, 0.2) is 0 Å². The van der Waals surface area contributed by atoms with Gasteiger partial charge in [-0.1, -0.05) is 27.7 Å². The normalized spacial score (nSPS) is 14.3. The maximum absolute atomic E-state index is 11.0. The van der Waals surface area contributed by atoms with E-state index >= 15 is 0 Å². The Morgan fingerprint density at radius 1 is 1.07 bits per heavy atom. The fourth-order valence-corrected chi connectivity index (χ4v) is 1.60. The van der Waals surface area contributed by atoms with Crippen LogP contribution in [0.4, 0.5) is 0 Å². The first-order valence-electron chi connectivity index (χ1n) is 5.29. The highest BCUT2D eigenvalue weighted by atomic mass is 32.2. The Bertz CT molecular complexity index is 160. The lowest BCUT2D eigenvalue weighted by Gasteiger charge is -2.19. The molecule has 0 saturated heterocycles. The Hall–Kier alpha value is 0.0700. The molecule has 0 heterocycles. The van der Waals surface area contributed by atoms with Crippen LogP contribution in [0.25, 0.3) is 0 Å². The third kappa shape index (κ3) is 7.47. The van der Waals surface area contributed by atoms with Gasteiger partial charge in [-0.25, -0.2) is 8.51 Å². The maximum Gasteiger partial charge on any atom is 0.234 e. The molecular weight excluding hydrogens is 198 g/mol. The third-order valence-corrected chi connectivity index (χ3v) is 2.94. The first-order valence-corrected chi connectivity index (χ1v) is 6.35. The lowest BCUT2D eigenvalue weighted by atomic mass is 10.1. The summed E-state index contributed by atoms with van der Waals surface area (Å²) in [6.07, 6.45) is 1.95. The van der Waals surface area contributed by atoms with Crippen molar-refractivity contribution in [2.45, 2.75) is 40.5 Å². The van der Waals surface area contributed by atoms with Gasteiger partial charge in [0.25, 0.3) is 0 Å². The first-order chi connectivity index (χ1) is 6.43. The van der Waals surface area contributed by atoms with E-state index in [-0.39, 0.29) is 0 Å². The van der Waals surface area contributed by atoms with E-state index in [9.17, 15) is 4.21 Å². The molecule has 0 spiro atoms. The van der Waals surface area contributed by atoms with Crippen molar-refractivity contribution in [2.75, 3.05) is 13.1 Å². The van der Waals surface area contributed by atoms with Crippen LogP contribution in [0.2, 0.25) is 0 Å². The van der Waals surface area contributed by atoms with Gasteiger partial charge in [-0.15, -0.1) is 0 Å². The topological polar surface area (TPSA) is 40.5 Å². The Labute approximate surface area is 90.3 Å². The lowest BCUT2D eigenvalue weighted by Crippen LogP contribution is -2.29. The largest absolute Gasteiger partial charge is 0.294 e. The molecule has 0 bridgehead atoms. The van der Waals surface area contributed by atoms with E-state index in [4.69, 9.17) is 4.55 Å². The predicted molar refractivity (Wildman–Crippen MR) is 61.3 cm³/mol. The molecule has 0 amide bonds. The molecule has 0 aliphatic heterocycles. The summed E-state index contributed by atoms with van der Waals surface area (Å²) in [7, 11) is 0. The van der Waals surface area contributed by atoms with Crippen LogP contribution in [0.3, 0.4) is 0 Å². The molecule has 1 unspecified atom stereocenters. The van der Waals surface area contributed by atoms with E-state index in [2.05, 4.69) is 27.7 Å². The van der Waals surface area contributed by atoms with E-state index in [1.807, 2.05) is 0 Å². The summed E-state index contributed by atoms with van der Waals surface area (Å²) in [5.41, 5.74) is 0. The second-order valence-electron chi connectivity index (χ2n) is 4.52. The molecule has 0 rings (SSSR count). The van der Waals surface area contributed by atoms with Gasteiger partial charge in [-0.3, -0.25) is 4.55 Å². The monoisotopic (exact) mass is 221 g/mol. The highest BCUT2D eigenvalue weighted by Crippen LogP contribution is 2.07. The fourth-order valence-electron chi connectivity index (χ4n) is 1.07. The van der Waals surface area contributed by atoms with Gasteiger partial charge in [0.05, 0.1) is 0 Å². The first kappa shape index (κ1) is 14.1. The molecule has 0 radical (unpaired) electrons. The molecule has 0 aromatic rings. The van der Waals surface area contributed by atoms with Crippen molar-refractivity contribution in [3.63, 3.8) is 0 Å². The summed E-state index contributed by atoms with van der Waals surface area (Å²) in [4.78, 5) is 0. The van der Waals surface area contributed by atoms with Crippen molar-refractivity contribution in [2.24, 2.45) is 11.8 Å². The van der Waals surface area contributed by atoms with E-state index < -0.39 is 11.3 Å². The molecule has 1 N–H and O–H groups in total. The standard InChI is InChI=1S/C10H23NO2S/c1-9(2)5-7-11(14(12)13)8-6-10(3)4/h9-10H,5-8H2,1-4H3,(H,12,13). The highest BCUT2D eigenvalue weighted by molar-refractivity contribution is 7.76. The summed E-state index contributed by atoms with van der Waals surface area (Å²) >= 11 is -1.80. The van der Waals surface area contributed by atoms with Crippen LogP contribution in [-0.4, -0.2) is 26.2 Å². The van der Waals surface area contributed by atoms with Crippen molar-refractivity contribution in [3.8, 4) is 0 Å². The number of rotatable bonds is 7. The maximum atomic E-state index is 11.0. The SMILES string of the molecule is CC(C)CCN(CCC(C)C)S(=O)O. The lowest BCUT2D eigenvalue weighted by molar-refractivity contribution is 0.349. The predicted octanol–water partition coefficient (Wildman–Crippen LogP) is 2.52. The molecule has 0 fully saturated rings. The van der Waals surface area contributed by atoms with Gasteiger partial charge < -0.3 is 0 Å². The van der Waals surface area contributed by atoms with Gasteiger partial charge in [0.15, 0.2) is 0 Å². The van der Waals surface area contributed by atoms with Crippen molar-refractivity contribution in [1.29, 1.82) is 0 Å². The summed E-state index contributed by atoms with van der Waals surface area (Å²) in [5.74, 6) is 1.17. The summed E-state index contributed by atoms with van der Waals surface area (Å²) < 4.78 is 21.6. The molecule has 14 heavy (non-hydrogen) atoms. The molecular formula is C10H23NO2S. The average molecular weight is 221 g/mol. The Kier molecular flexibility index (Phi) is 7.41. The molecule has 86 valence electrons. The van der Waals surface area contributed by atoms with Crippen molar-refractivity contribution >= 4 is 11.3 Å². The van der Waals surface area contributed by atoms with Crippen LogP contribution in [0.5, 0.6) is 0 Å². The van der Waals surface area contributed by atoms with Gasteiger partial charge in [0.1, 0.15) is 0 Å². The molecule has 0 aliphatic carbocycles. The Morgan fingerprint density at radius 3 is 1.64 bits per heavy atom. The van der Waals surface area contributed by atoms with Gasteiger partial charge in [0, 0.05) is 13.1 Å². The molecule has 0 saturated carbocycles. The smallest absolute Gasteiger partial charge is 0.234 e. The van der Waals surface area contributed by atoms with E-state index in [0.29, 0.717) is 24.9 Å². The zero-order chi connectivity index (χ0) is 11.1. The quantitative estimate of drug-likeness (QED) is 0.671. The Balaban J connectivity index is 3.84. The second-order valence-corrected chi connectivity index (χ2v) is 5.50. The summed E-state index contributed by atoms with van der Waals surface area (Å²) in [6, 6.07) is 0. The summed E-state index contributed by atoms with van der Waals surface area (Å²) in [5, 5.41) is 0. The molecule has 3 nitrogen and oxygen atoms in total. The van der Waals surface area contributed by atoms with Crippen LogP contribution in [0, 0.1) is 11.8 Å². The average Bonchev–Trinajstić information content (AvgIpc) is 2.02. The van der Waals surface area contributed by atoms with Crippen LogP contribution >= 0.6 is 0 Å². The number of nitrogens with zero attached hydrogens (tertiary/aromatic N) is 1. The molecule has 0 aliphatic rings. The highest BCUT2D eigenvalue weighted by Gasteiger charge is 2.11.